The molecule has 34 heavy (non-hydrogen) atoms. The molecule has 1 fully saturated rings. The topological polar surface area (TPSA) is 62.6 Å². The van der Waals surface area contributed by atoms with Gasteiger partial charge < -0.3 is 9.73 Å². The number of rotatable bonds is 5. The molecule has 0 aliphatic carbocycles. The van der Waals surface area contributed by atoms with Gasteiger partial charge in [-0.15, -0.1) is 0 Å². The fourth-order valence-corrected chi connectivity index (χ4v) is 4.33. The second kappa shape index (κ2) is 8.63. The van der Waals surface area contributed by atoms with Crippen LogP contribution in [0.25, 0.3) is 11.3 Å². The Morgan fingerprint density at radius 1 is 0.912 bits per heavy atom. The van der Waals surface area contributed by atoms with Crippen molar-refractivity contribution < 1.29 is 18.4 Å². The molecule has 1 aromatic heterocycles. The molecule has 5 nitrogen and oxygen atoms in total. The van der Waals surface area contributed by atoms with Crippen LogP contribution in [-0.4, -0.2) is 11.8 Å². The van der Waals surface area contributed by atoms with Crippen molar-refractivity contribution in [1.82, 2.24) is 0 Å². The van der Waals surface area contributed by atoms with Crippen molar-refractivity contribution in [3.05, 3.63) is 107 Å². The third kappa shape index (κ3) is 3.75. The van der Waals surface area contributed by atoms with Crippen molar-refractivity contribution in [1.29, 1.82) is 0 Å². The molecule has 2 heterocycles. The van der Waals surface area contributed by atoms with Gasteiger partial charge >= 0.3 is 0 Å². The Kier molecular flexibility index (Phi) is 5.63. The highest BCUT2D eigenvalue weighted by atomic mass is 35.5. The Balaban J connectivity index is 1.60. The van der Waals surface area contributed by atoms with Gasteiger partial charge in [0, 0.05) is 21.4 Å². The highest BCUT2D eigenvalue weighted by molar-refractivity contribution is 6.31. The average molecular weight is 495 g/mol. The van der Waals surface area contributed by atoms with Gasteiger partial charge in [-0.2, -0.15) is 0 Å². The molecule has 0 saturated carbocycles. The summed E-state index contributed by atoms with van der Waals surface area (Å²) < 4.78 is 20.4. The summed E-state index contributed by atoms with van der Waals surface area (Å²) in [6.45, 7) is 0. The van der Waals surface area contributed by atoms with E-state index in [1.54, 1.807) is 78.9 Å². The zero-order chi connectivity index (χ0) is 23.9. The highest BCUT2D eigenvalue weighted by Crippen LogP contribution is 2.47. The van der Waals surface area contributed by atoms with E-state index in [4.69, 9.17) is 27.6 Å². The largest absolute Gasteiger partial charge is 0.458 e. The van der Waals surface area contributed by atoms with Crippen molar-refractivity contribution in [3.63, 3.8) is 0 Å². The number of anilines is 2. The first-order valence-electron chi connectivity index (χ1n) is 10.4. The predicted molar refractivity (Wildman–Crippen MR) is 129 cm³/mol. The number of furan rings is 1. The number of hydrogen-bond donors (Lipinski definition) is 1. The smallest absolute Gasteiger partial charge is 0.259 e. The van der Waals surface area contributed by atoms with Gasteiger partial charge in [-0.05, 0) is 72.8 Å². The molecule has 4 aromatic rings. The van der Waals surface area contributed by atoms with E-state index in [0.717, 1.165) is 0 Å². The van der Waals surface area contributed by atoms with Crippen LogP contribution in [0.1, 0.15) is 12.2 Å². The number of β-lactam (4-membered cyclic amide) rings is 1. The lowest BCUT2D eigenvalue weighted by Gasteiger charge is -2.49. The number of amides is 2. The first-order chi connectivity index (χ1) is 16.4. The monoisotopic (exact) mass is 494 g/mol. The number of carbonyl (C=O) groups excluding carboxylic acids is 2. The first kappa shape index (κ1) is 22.2. The van der Waals surface area contributed by atoms with Crippen molar-refractivity contribution in [3.8, 4) is 11.3 Å². The Hall–Kier alpha value is -3.61. The minimum atomic E-state index is -1.48. The third-order valence-electron chi connectivity index (χ3n) is 5.75. The maximum Gasteiger partial charge on any atom is 0.259 e. The summed E-state index contributed by atoms with van der Waals surface area (Å²) in [6, 6.07) is 22.6. The molecule has 1 atom stereocenters. The van der Waals surface area contributed by atoms with Crippen molar-refractivity contribution >= 4 is 46.4 Å². The summed E-state index contributed by atoms with van der Waals surface area (Å²) in [5, 5.41) is 3.87. The zero-order valence-corrected chi connectivity index (χ0v) is 19.1. The van der Waals surface area contributed by atoms with Gasteiger partial charge in [0.15, 0.2) is 5.54 Å². The number of nitrogens with zero attached hydrogens (tertiary/aromatic N) is 1. The van der Waals surface area contributed by atoms with Crippen molar-refractivity contribution in [2.75, 3.05) is 10.2 Å². The molecule has 170 valence electrons. The van der Waals surface area contributed by atoms with Crippen LogP contribution in [0, 0.1) is 5.82 Å². The lowest BCUT2D eigenvalue weighted by molar-refractivity contribution is -0.138. The maximum absolute atomic E-state index is 14.4. The van der Waals surface area contributed by atoms with Crippen LogP contribution in [0.15, 0.2) is 89.3 Å². The Morgan fingerprint density at radius 3 is 2.21 bits per heavy atom. The van der Waals surface area contributed by atoms with Crippen molar-refractivity contribution in [2.45, 2.75) is 12.0 Å². The molecule has 2 amide bonds. The number of carbonyl (C=O) groups is 2. The van der Waals surface area contributed by atoms with Gasteiger partial charge in [-0.1, -0.05) is 35.3 Å². The van der Waals surface area contributed by atoms with Crippen LogP contribution in [0.3, 0.4) is 0 Å². The minimum Gasteiger partial charge on any atom is -0.458 e. The van der Waals surface area contributed by atoms with Gasteiger partial charge in [0.2, 0.25) is 5.91 Å². The van der Waals surface area contributed by atoms with E-state index in [-0.39, 0.29) is 29.4 Å². The summed E-state index contributed by atoms with van der Waals surface area (Å²) in [6.07, 6.45) is -0.126. The molecule has 0 spiro atoms. The third-order valence-corrected chi connectivity index (χ3v) is 6.26. The second-order valence-corrected chi connectivity index (χ2v) is 8.72. The van der Waals surface area contributed by atoms with E-state index in [2.05, 4.69) is 5.32 Å². The second-order valence-electron chi connectivity index (χ2n) is 7.85. The fourth-order valence-electron chi connectivity index (χ4n) is 4.08. The number of benzene rings is 3. The molecular weight excluding hydrogens is 478 g/mol. The SMILES string of the molecule is O=C1CC(C(=O)Nc2ccc(Cl)cc2)(c2ccc(-c3ccccc3F)o2)N1c1ccc(Cl)cc1. The molecule has 0 bridgehead atoms. The van der Waals surface area contributed by atoms with E-state index in [9.17, 15) is 14.0 Å². The quantitative estimate of drug-likeness (QED) is 0.315. The van der Waals surface area contributed by atoms with Crippen LogP contribution in [0.4, 0.5) is 15.8 Å². The van der Waals surface area contributed by atoms with Gasteiger partial charge in [-0.25, -0.2) is 4.39 Å². The van der Waals surface area contributed by atoms with Gasteiger partial charge in [0.05, 0.1) is 12.0 Å². The van der Waals surface area contributed by atoms with E-state index >= 15 is 0 Å². The Labute approximate surface area is 204 Å². The van der Waals surface area contributed by atoms with Crippen LogP contribution in [-0.2, 0) is 15.1 Å². The summed E-state index contributed by atoms with van der Waals surface area (Å²) in [5.41, 5.74) is -0.236. The summed E-state index contributed by atoms with van der Waals surface area (Å²) in [4.78, 5) is 27.9. The summed E-state index contributed by atoms with van der Waals surface area (Å²) in [5.74, 6) is -0.729. The normalized spacial score (nSPS) is 17.4. The zero-order valence-electron chi connectivity index (χ0n) is 17.6. The fraction of sp³-hybridized carbons (Fsp3) is 0.0769. The number of nitrogens with one attached hydrogen (secondary N) is 1. The van der Waals surface area contributed by atoms with E-state index in [0.29, 0.717) is 21.4 Å². The summed E-state index contributed by atoms with van der Waals surface area (Å²) >= 11 is 12.0. The highest BCUT2D eigenvalue weighted by Gasteiger charge is 2.60. The van der Waals surface area contributed by atoms with Crippen LogP contribution < -0.4 is 10.2 Å². The van der Waals surface area contributed by atoms with Crippen LogP contribution >= 0.6 is 23.2 Å². The molecule has 5 rings (SSSR count). The first-order valence-corrected chi connectivity index (χ1v) is 11.1. The van der Waals surface area contributed by atoms with Crippen LogP contribution in [0.5, 0.6) is 0 Å². The molecular formula is C26H17Cl2FN2O3. The van der Waals surface area contributed by atoms with Gasteiger partial charge in [0.1, 0.15) is 17.3 Å². The predicted octanol–water partition coefficient (Wildman–Crippen LogP) is 6.66. The molecule has 1 saturated heterocycles. The maximum atomic E-state index is 14.4. The number of hydrogen-bond acceptors (Lipinski definition) is 3. The molecule has 1 N–H and O–H groups in total. The molecule has 1 unspecified atom stereocenters. The molecule has 3 aromatic carbocycles. The Bertz CT molecular complexity index is 1390. The molecule has 1 aliphatic heterocycles. The number of halogens is 3. The van der Waals surface area contributed by atoms with E-state index < -0.39 is 17.3 Å². The van der Waals surface area contributed by atoms with Crippen LogP contribution in [0.2, 0.25) is 10.0 Å². The minimum absolute atomic E-state index is 0.126. The van der Waals surface area contributed by atoms with E-state index in [1.807, 2.05) is 0 Å². The van der Waals surface area contributed by atoms with Crippen molar-refractivity contribution in [2.24, 2.45) is 0 Å². The lowest BCUT2D eigenvalue weighted by atomic mass is 9.79. The standard InChI is InChI=1S/C26H17Cl2FN2O3/c27-16-5-9-18(10-6-16)30-25(33)26(15-24(32)31(26)19-11-7-17(28)8-12-19)23-14-13-22(34-23)20-3-1-2-4-21(20)29/h1-14H,15H2,(H,30,33). The van der Waals surface area contributed by atoms with Gasteiger partial charge in [-0.3, -0.25) is 14.5 Å². The van der Waals surface area contributed by atoms with Gasteiger partial charge in [0.25, 0.3) is 5.91 Å². The molecule has 8 heteroatoms. The Morgan fingerprint density at radius 2 is 1.56 bits per heavy atom. The molecule has 0 radical (unpaired) electrons. The summed E-state index contributed by atoms with van der Waals surface area (Å²) in [7, 11) is 0. The lowest BCUT2D eigenvalue weighted by Crippen LogP contribution is -2.67. The average Bonchev–Trinajstić information content (AvgIpc) is 3.30. The molecule has 1 aliphatic rings. The van der Waals surface area contributed by atoms with E-state index in [1.165, 1.54) is 11.0 Å².